The van der Waals surface area contributed by atoms with Crippen molar-refractivity contribution in [2.24, 2.45) is 0 Å². The summed E-state index contributed by atoms with van der Waals surface area (Å²) in [6.07, 6.45) is 2.17. The largest absolute Gasteiger partial charge is 0.497 e. The number of benzene rings is 2. The molecular formula is C28H27N3O4S. The third-order valence-electron chi connectivity index (χ3n) is 5.37. The van der Waals surface area contributed by atoms with Crippen LogP contribution in [-0.4, -0.2) is 19.6 Å². The number of carbonyl (C=O) groups excluding carboxylic acids is 1. The Morgan fingerprint density at radius 2 is 1.92 bits per heavy atom. The first-order valence-corrected chi connectivity index (χ1v) is 12.2. The Kier molecular flexibility index (Phi) is 9.10. The van der Waals surface area contributed by atoms with Gasteiger partial charge in [0.2, 0.25) is 0 Å². The van der Waals surface area contributed by atoms with Gasteiger partial charge >= 0.3 is 0 Å². The fraction of sp³-hybridized carbons (Fsp3) is 0.250. The maximum Gasteiger partial charge on any atom is 0.266 e. The number of carbonyl (C=O) groups is 1. The Morgan fingerprint density at radius 3 is 2.58 bits per heavy atom. The zero-order valence-corrected chi connectivity index (χ0v) is 21.5. The van der Waals surface area contributed by atoms with Crippen LogP contribution in [-0.2, 0) is 17.8 Å². The third kappa shape index (κ3) is 6.24. The Bertz CT molecular complexity index is 1360. The lowest BCUT2D eigenvalue weighted by molar-refractivity contribution is -0.112. The summed E-state index contributed by atoms with van der Waals surface area (Å²) >= 11 is 1.33. The highest BCUT2D eigenvalue weighted by atomic mass is 32.1. The second-order valence-electron chi connectivity index (χ2n) is 7.71. The van der Waals surface area contributed by atoms with E-state index in [0.717, 1.165) is 21.8 Å². The minimum Gasteiger partial charge on any atom is -0.497 e. The molecule has 0 aliphatic heterocycles. The predicted molar refractivity (Wildman–Crippen MR) is 140 cm³/mol. The lowest BCUT2D eigenvalue weighted by Crippen LogP contribution is -2.13. The van der Waals surface area contributed by atoms with Crippen LogP contribution in [0.4, 0.5) is 5.00 Å². The van der Waals surface area contributed by atoms with Crippen molar-refractivity contribution in [2.75, 3.05) is 19.0 Å². The Morgan fingerprint density at radius 1 is 1.11 bits per heavy atom. The molecule has 2 aromatic carbocycles. The highest BCUT2D eigenvalue weighted by molar-refractivity contribution is 7.16. The van der Waals surface area contributed by atoms with E-state index >= 15 is 0 Å². The summed E-state index contributed by atoms with van der Waals surface area (Å²) in [5.74, 6) is 1.21. The van der Waals surface area contributed by atoms with E-state index < -0.39 is 5.91 Å². The number of nitrogens with zero attached hydrogens (tertiary/aromatic N) is 2. The Labute approximate surface area is 215 Å². The van der Waals surface area contributed by atoms with Crippen molar-refractivity contribution in [2.45, 2.75) is 33.8 Å². The molecule has 8 heteroatoms. The van der Waals surface area contributed by atoms with E-state index in [9.17, 15) is 15.3 Å². The summed E-state index contributed by atoms with van der Waals surface area (Å²) in [6, 6.07) is 16.9. The van der Waals surface area contributed by atoms with E-state index in [0.29, 0.717) is 47.3 Å². The molecule has 1 amide bonds. The molecule has 0 saturated heterocycles. The molecular weight excluding hydrogens is 474 g/mol. The van der Waals surface area contributed by atoms with Gasteiger partial charge in [-0.3, -0.25) is 4.79 Å². The van der Waals surface area contributed by atoms with Crippen molar-refractivity contribution < 1.29 is 19.0 Å². The number of nitriles is 2. The highest BCUT2D eigenvalue weighted by Gasteiger charge is 2.18. The standard InChI is InChI=1S/C28H27N3O4S/c1-5-23-18(3)36-28(24(23)16-30)31-27(32)21(15-29)12-19-10-11-25(26(14-19)34-6-2)35-17-20-8-7-9-22(13-20)33-4/h7-14H,5-6,17H2,1-4H3,(H,31,32)/b21-12+. The molecule has 0 aliphatic carbocycles. The maximum absolute atomic E-state index is 12.8. The summed E-state index contributed by atoms with van der Waals surface area (Å²) in [6.45, 7) is 6.47. The Balaban J connectivity index is 1.81. The minimum atomic E-state index is -0.575. The summed E-state index contributed by atoms with van der Waals surface area (Å²) in [4.78, 5) is 13.8. The van der Waals surface area contributed by atoms with Crippen LogP contribution < -0.4 is 19.5 Å². The molecule has 1 aromatic heterocycles. The summed E-state index contributed by atoms with van der Waals surface area (Å²) < 4.78 is 17.0. The van der Waals surface area contributed by atoms with E-state index in [1.54, 1.807) is 25.3 Å². The molecule has 184 valence electrons. The summed E-state index contributed by atoms with van der Waals surface area (Å²) in [5.41, 5.74) is 2.82. The number of ether oxygens (including phenoxy) is 3. The van der Waals surface area contributed by atoms with Crippen LogP contribution in [0.1, 0.15) is 41.0 Å². The SMILES string of the molecule is CCOc1cc(/C=C(\C#N)C(=O)Nc2sc(C)c(CC)c2C#N)ccc1OCc1cccc(OC)c1. The average Bonchev–Trinajstić information content (AvgIpc) is 3.20. The second-order valence-corrected chi connectivity index (χ2v) is 8.93. The van der Waals surface area contributed by atoms with E-state index in [1.165, 1.54) is 17.4 Å². The number of thiophene rings is 1. The van der Waals surface area contributed by atoms with Gasteiger partial charge in [-0.15, -0.1) is 11.3 Å². The lowest BCUT2D eigenvalue weighted by atomic mass is 10.1. The fourth-order valence-electron chi connectivity index (χ4n) is 3.62. The molecule has 0 bridgehead atoms. The van der Waals surface area contributed by atoms with Gasteiger partial charge in [0, 0.05) is 4.88 Å². The van der Waals surface area contributed by atoms with Crippen LogP contribution in [0.25, 0.3) is 6.08 Å². The van der Waals surface area contributed by atoms with Gasteiger partial charge in [-0.2, -0.15) is 10.5 Å². The van der Waals surface area contributed by atoms with Gasteiger partial charge in [-0.05, 0) is 67.3 Å². The molecule has 0 atom stereocenters. The van der Waals surface area contributed by atoms with Crippen LogP contribution in [0.5, 0.6) is 17.2 Å². The van der Waals surface area contributed by atoms with Crippen LogP contribution in [0.2, 0.25) is 0 Å². The number of hydrogen-bond acceptors (Lipinski definition) is 7. The molecule has 0 fully saturated rings. The number of anilines is 1. The number of nitrogens with one attached hydrogen (secondary N) is 1. The van der Waals surface area contributed by atoms with E-state index in [-0.39, 0.29) is 5.57 Å². The third-order valence-corrected chi connectivity index (χ3v) is 6.44. The maximum atomic E-state index is 12.8. The predicted octanol–water partition coefficient (Wildman–Crippen LogP) is 6.02. The molecule has 7 nitrogen and oxygen atoms in total. The summed E-state index contributed by atoms with van der Waals surface area (Å²) in [7, 11) is 1.61. The van der Waals surface area contributed by atoms with Crippen molar-refractivity contribution in [3.8, 4) is 29.4 Å². The van der Waals surface area contributed by atoms with Gasteiger partial charge in [-0.25, -0.2) is 0 Å². The van der Waals surface area contributed by atoms with Crippen LogP contribution in [0.3, 0.4) is 0 Å². The number of amides is 1. The van der Waals surface area contributed by atoms with Gasteiger partial charge < -0.3 is 19.5 Å². The quantitative estimate of drug-likeness (QED) is 0.269. The van der Waals surface area contributed by atoms with Crippen LogP contribution in [0, 0.1) is 29.6 Å². The van der Waals surface area contributed by atoms with E-state index in [1.807, 2.05) is 51.1 Å². The number of rotatable bonds is 10. The van der Waals surface area contributed by atoms with Gasteiger partial charge in [0.15, 0.2) is 11.5 Å². The first-order chi connectivity index (χ1) is 17.4. The van der Waals surface area contributed by atoms with Crippen molar-refractivity contribution in [3.63, 3.8) is 0 Å². The first-order valence-electron chi connectivity index (χ1n) is 11.4. The van der Waals surface area contributed by atoms with E-state index in [4.69, 9.17) is 14.2 Å². The number of hydrogen-bond donors (Lipinski definition) is 1. The molecule has 36 heavy (non-hydrogen) atoms. The molecule has 0 aliphatic rings. The number of aryl methyl sites for hydroxylation is 1. The smallest absolute Gasteiger partial charge is 0.266 e. The molecule has 3 rings (SSSR count). The van der Waals surface area contributed by atoms with Gasteiger partial charge in [0.1, 0.15) is 35.1 Å². The van der Waals surface area contributed by atoms with Crippen LogP contribution >= 0.6 is 11.3 Å². The van der Waals surface area contributed by atoms with Crippen LogP contribution in [0.15, 0.2) is 48.0 Å². The zero-order valence-electron chi connectivity index (χ0n) is 20.7. The average molecular weight is 502 g/mol. The summed E-state index contributed by atoms with van der Waals surface area (Å²) in [5, 5.41) is 22.4. The first kappa shape index (κ1) is 26.3. The fourth-order valence-corrected chi connectivity index (χ4v) is 4.71. The molecule has 3 aromatic rings. The molecule has 0 radical (unpaired) electrons. The molecule has 1 heterocycles. The normalized spacial score (nSPS) is 10.8. The monoisotopic (exact) mass is 501 g/mol. The molecule has 1 N–H and O–H groups in total. The Hall–Kier alpha value is -4.27. The van der Waals surface area contributed by atoms with Crippen molar-refractivity contribution in [1.82, 2.24) is 0 Å². The van der Waals surface area contributed by atoms with E-state index in [2.05, 4.69) is 11.4 Å². The molecule has 0 spiro atoms. The number of methoxy groups -OCH3 is 1. The highest BCUT2D eigenvalue weighted by Crippen LogP contribution is 2.34. The lowest BCUT2D eigenvalue weighted by Gasteiger charge is -2.13. The minimum absolute atomic E-state index is 0.0875. The second kappa shape index (κ2) is 12.4. The topological polar surface area (TPSA) is 104 Å². The van der Waals surface area contributed by atoms with Crippen molar-refractivity contribution in [1.29, 1.82) is 10.5 Å². The molecule has 0 unspecified atom stereocenters. The van der Waals surface area contributed by atoms with Crippen molar-refractivity contribution in [3.05, 3.63) is 75.2 Å². The van der Waals surface area contributed by atoms with Gasteiger partial charge in [0.05, 0.1) is 19.3 Å². The van der Waals surface area contributed by atoms with Crippen molar-refractivity contribution >= 4 is 28.3 Å². The van der Waals surface area contributed by atoms with Gasteiger partial charge in [0.25, 0.3) is 5.91 Å². The zero-order chi connectivity index (χ0) is 26.1. The molecule has 0 saturated carbocycles. The van der Waals surface area contributed by atoms with Gasteiger partial charge in [-0.1, -0.05) is 25.1 Å².